The SMILES string of the molecule is Cc1c(S(=O)(=O)N(C)C2CC3CCC(C2)N3)cnn1C. The normalized spacial score (nSPS) is 30.1. The Morgan fingerprint density at radius 3 is 2.45 bits per heavy atom. The first kappa shape index (κ1) is 14.0. The number of nitrogens with zero attached hydrogens (tertiary/aromatic N) is 3. The molecule has 0 aromatic carbocycles. The van der Waals surface area contributed by atoms with Gasteiger partial charge in [0.1, 0.15) is 4.90 Å². The standard InChI is InChI=1S/C13H22N4O2S/c1-9-13(8-14-16(9)2)20(18,19)17(3)12-6-10-4-5-11(7-12)15-10/h8,10-12,15H,4-7H2,1-3H3. The quantitative estimate of drug-likeness (QED) is 0.889. The van der Waals surface area contributed by atoms with Crippen LogP contribution in [0.4, 0.5) is 0 Å². The first-order valence-electron chi connectivity index (χ1n) is 7.12. The minimum Gasteiger partial charge on any atom is -0.311 e. The van der Waals surface area contributed by atoms with Gasteiger partial charge in [-0.1, -0.05) is 0 Å². The minimum absolute atomic E-state index is 0.0957. The molecule has 1 aromatic rings. The van der Waals surface area contributed by atoms with Gasteiger partial charge in [-0.2, -0.15) is 9.40 Å². The maximum atomic E-state index is 12.8. The Hall–Kier alpha value is -0.920. The van der Waals surface area contributed by atoms with Crippen molar-refractivity contribution < 1.29 is 8.42 Å². The van der Waals surface area contributed by atoms with Crippen LogP contribution >= 0.6 is 0 Å². The third-order valence-electron chi connectivity index (χ3n) is 4.81. The van der Waals surface area contributed by atoms with Crippen molar-refractivity contribution >= 4 is 10.0 Å². The molecule has 2 saturated heterocycles. The van der Waals surface area contributed by atoms with Gasteiger partial charge in [0.05, 0.1) is 11.9 Å². The second-order valence-electron chi connectivity index (χ2n) is 6.00. The van der Waals surface area contributed by atoms with E-state index in [9.17, 15) is 8.42 Å². The van der Waals surface area contributed by atoms with E-state index in [2.05, 4.69) is 10.4 Å². The fourth-order valence-corrected chi connectivity index (χ4v) is 4.97. The Morgan fingerprint density at radius 1 is 1.35 bits per heavy atom. The molecule has 0 amide bonds. The summed E-state index contributed by atoms with van der Waals surface area (Å²) in [4.78, 5) is 0.327. The molecular weight excluding hydrogens is 276 g/mol. The van der Waals surface area contributed by atoms with Crippen LogP contribution in [-0.2, 0) is 17.1 Å². The fourth-order valence-electron chi connectivity index (χ4n) is 3.41. The van der Waals surface area contributed by atoms with E-state index in [1.807, 2.05) is 0 Å². The van der Waals surface area contributed by atoms with E-state index in [1.54, 1.807) is 30.0 Å². The number of fused-ring (bicyclic) bond motifs is 2. The molecule has 20 heavy (non-hydrogen) atoms. The fraction of sp³-hybridized carbons (Fsp3) is 0.769. The van der Waals surface area contributed by atoms with Gasteiger partial charge in [0.2, 0.25) is 10.0 Å². The molecule has 0 saturated carbocycles. The van der Waals surface area contributed by atoms with Crippen molar-refractivity contribution in [2.45, 2.75) is 55.6 Å². The van der Waals surface area contributed by atoms with E-state index >= 15 is 0 Å². The van der Waals surface area contributed by atoms with Crippen molar-refractivity contribution in [3.8, 4) is 0 Å². The topological polar surface area (TPSA) is 67.2 Å². The van der Waals surface area contributed by atoms with E-state index in [0.29, 0.717) is 22.7 Å². The third kappa shape index (κ3) is 2.17. The van der Waals surface area contributed by atoms with Gasteiger partial charge in [0.25, 0.3) is 0 Å². The molecule has 2 aliphatic heterocycles. The van der Waals surface area contributed by atoms with Gasteiger partial charge in [-0.15, -0.1) is 0 Å². The van der Waals surface area contributed by atoms with Crippen LogP contribution in [0.5, 0.6) is 0 Å². The van der Waals surface area contributed by atoms with Crippen LogP contribution in [0.1, 0.15) is 31.4 Å². The second-order valence-corrected chi connectivity index (χ2v) is 7.97. The van der Waals surface area contributed by atoms with Crippen molar-refractivity contribution in [2.24, 2.45) is 7.05 Å². The van der Waals surface area contributed by atoms with Gasteiger partial charge < -0.3 is 5.32 Å². The molecule has 1 N–H and O–H groups in total. The van der Waals surface area contributed by atoms with Crippen LogP contribution in [0.3, 0.4) is 0 Å². The van der Waals surface area contributed by atoms with Crippen LogP contribution in [0, 0.1) is 6.92 Å². The summed E-state index contributed by atoms with van der Waals surface area (Å²) in [6.07, 6.45) is 5.61. The molecule has 1 aromatic heterocycles. The smallest absolute Gasteiger partial charge is 0.246 e. The first-order valence-corrected chi connectivity index (χ1v) is 8.56. The number of sulfonamides is 1. The van der Waals surface area contributed by atoms with Crippen LogP contribution < -0.4 is 5.32 Å². The Labute approximate surface area is 120 Å². The summed E-state index contributed by atoms with van der Waals surface area (Å²) < 4.78 is 28.7. The molecule has 0 radical (unpaired) electrons. The molecule has 2 aliphatic rings. The van der Waals surface area contributed by atoms with E-state index in [0.717, 1.165) is 12.8 Å². The van der Waals surface area contributed by atoms with Gasteiger partial charge in [-0.3, -0.25) is 4.68 Å². The molecule has 3 heterocycles. The lowest BCUT2D eigenvalue weighted by molar-refractivity contribution is 0.251. The Balaban J connectivity index is 1.86. The zero-order valence-electron chi connectivity index (χ0n) is 12.2. The van der Waals surface area contributed by atoms with E-state index in [4.69, 9.17) is 0 Å². The zero-order valence-corrected chi connectivity index (χ0v) is 13.0. The summed E-state index contributed by atoms with van der Waals surface area (Å²) in [7, 11) is 0.0233. The van der Waals surface area contributed by atoms with E-state index in [-0.39, 0.29) is 6.04 Å². The molecule has 2 fully saturated rings. The lowest BCUT2D eigenvalue weighted by atomic mass is 10.0. The van der Waals surface area contributed by atoms with Crippen LogP contribution in [0.15, 0.2) is 11.1 Å². The lowest BCUT2D eigenvalue weighted by Crippen LogP contribution is -2.48. The second kappa shape index (κ2) is 4.82. The molecule has 3 rings (SSSR count). The van der Waals surface area contributed by atoms with Gasteiger partial charge in [0, 0.05) is 32.2 Å². The van der Waals surface area contributed by atoms with Crippen molar-refractivity contribution in [1.82, 2.24) is 19.4 Å². The maximum absolute atomic E-state index is 12.8. The average molecular weight is 298 g/mol. The van der Waals surface area contributed by atoms with Gasteiger partial charge in [-0.05, 0) is 32.6 Å². The summed E-state index contributed by atoms with van der Waals surface area (Å²) in [6, 6.07) is 1.05. The Morgan fingerprint density at radius 2 is 1.95 bits per heavy atom. The van der Waals surface area contributed by atoms with E-state index < -0.39 is 10.0 Å². The lowest BCUT2D eigenvalue weighted by Gasteiger charge is -2.34. The summed E-state index contributed by atoms with van der Waals surface area (Å²) >= 11 is 0. The number of rotatable bonds is 3. The average Bonchev–Trinajstić information content (AvgIpc) is 2.92. The van der Waals surface area contributed by atoms with Crippen molar-refractivity contribution in [3.63, 3.8) is 0 Å². The number of hydrogen-bond donors (Lipinski definition) is 1. The van der Waals surface area contributed by atoms with E-state index in [1.165, 1.54) is 19.0 Å². The van der Waals surface area contributed by atoms with Crippen molar-refractivity contribution in [1.29, 1.82) is 0 Å². The highest BCUT2D eigenvalue weighted by molar-refractivity contribution is 7.89. The predicted octanol–water partition coefficient (Wildman–Crippen LogP) is 0.632. The van der Waals surface area contributed by atoms with Crippen LogP contribution in [-0.4, -0.2) is 47.7 Å². The van der Waals surface area contributed by atoms with Gasteiger partial charge in [0.15, 0.2) is 0 Å². The molecule has 0 spiro atoms. The number of piperidine rings is 1. The molecule has 2 atom stereocenters. The highest BCUT2D eigenvalue weighted by Gasteiger charge is 2.39. The number of aryl methyl sites for hydroxylation is 1. The number of aromatic nitrogens is 2. The van der Waals surface area contributed by atoms with Crippen molar-refractivity contribution in [2.75, 3.05) is 7.05 Å². The molecule has 6 nitrogen and oxygen atoms in total. The number of hydrogen-bond acceptors (Lipinski definition) is 4. The molecule has 0 aliphatic carbocycles. The summed E-state index contributed by atoms with van der Waals surface area (Å²) in [5, 5.41) is 7.59. The molecule has 7 heteroatoms. The molecule has 2 unspecified atom stereocenters. The Kier molecular flexibility index (Phi) is 3.38. The summed E-state index contributed by atoms with van der Waals surface area (Å²) in [6.45, 7) is 1.79. The first-order chi connectivity index (χ1) is 9.39. The number of nitrogens with one attached hydrogen (secondary N) is 1. The van der Waals surface area contributed by atoms with Gasteiger partial charge in [-0.25, -0.2) is 8.42 Å². The highest BCUT2D eigenvalue weighted by Crippen LogP contribution is 2.32. The molecule has 2 bridgehead atoms. The zero-order chi connectivity index (χ0) is 14.5. The predicted molar refractivity (Wildman–Crippen MR) is 75.9 cm³/mol. The maximum Gasteiger partial charge on any atom is 0.246 e. The summed E-state index contributed by atoms with van der Waals surface area (Å²) in [5.41, 5.74) is 0.689. The monoisotopic (exact) mass is 298 g/mol. The third-order valence-corrected chi connectivity index (χ3v) is 6.82. The van der Waals surface area contributed by atoms with Crippen LogP contribution in [0.25, 0.3) is 0 Å². The minimum atomic E-state index is -3.45. The Bertz CT molecular complexity index is 598. The molecule has 112 valence electrons. The summed E-state index contributed by atoms with van der Waals surface area (Å²) in [5.74, 6) is 0. The highest BCUT2D eigenvalue weighted by atomic mass is 32.2. The largest absolute Gasteiger partial charge is 0.311 e. The van der Waals surface area contributed by atoms with Crippen LogP contribution in [0.2, 0.25) is 0 Å². The van der Waals surface area contributed by atoms with Gasteiger partial charge >= 0.3 is 0 Å². The van der Waals surface area contributed by atoms with Crippen molar-refractivity contribution in [3.05, 3.63) is 11.9 Å². The molecular formula is C13H22N4O2S.